The van der Waals surface area contributed by atoms with Gasteiger partial charge >= 0.3 is 0 Å². The topological polar surface area (TPSA) is 50.4 Å². The molecule has 0 saturated heterocycles. The quantitative estimate of drug-likeness (QED) is 0.376. The largest absolute Gasteiger partial charge is 0.377 e. The molecule has 0 rings (SSSR count). The highest BCUT2D eigenvalue weighted by atomic mass is 14.9. The molecule has 0 bridgehead atoms. The molecule has 3 nitrogen and oxygen atoms in total. The Hall–Kier alpha value is -0.830. The molecule has 0 unspecified atom stereocenters. The lowest BCUT2D eigenvalue weighted by Crippen LogP contribution is -2.15. The third-order valence-corrected chi connectivity index (χ3v) is 0.416. The summed E-state index contributed by atoms with van der Waals surface area (Å²) in [6.45, 7) is 3.65. The number of aliphatic imine (C=N–C) groups is 1. The molecule has 0 amide bonds. The Morgan fingerprint density at radius 2 is 2.57 bits per heavy atom. The Labute approximate surface area is 42.9 Å². The third kappa shape index (κ3) is 5.17. The molecule has 0 heterocycles. The van der Waals surface area contributed by atoms with E-state index in [1.54, 1.807) is 6.20 Å². The highest BCUT2D eigenvalue weighted by Gasteiger charge is 1.60. The summed E-state index contributed by atoms with van der Waals surface area (Å²) < 4.78 is 0. The number of nitrogens with zero attached hydrogens (tertiary/aromatic N) is 1. The van der Waals surface area contributed by atoms with Crippen molar-refractivity contribution in [2.45, 2.75) is 0 Å². The number of hydrogen-bond acceptors (Lipinski definition) is 3. The average Bonchev–Trinajstić information content (AvgIpc) is 1.69. The van der Waals surface area contributed by atoms with E-state index in [0.29, 0.717) is 6.67 Å². The molecule has 0 fully saturated rings. The van der Waals surface area contributed by atoms with Crippen LogP contribution in [0.3, 0.4) is 0 Å². The lowest BCUT2D eigenvalue weighted by Gasteiger charge is -1.86. The minimum Gasteiger partial charge on any atom is -0.377 e. The van der Waals surface area contributed by atoms with Crippen LogP contribution < -0.4 is 11.1 Å². The molecule has 0 aliphatic rings. The zero-order valence-electron chi connectivity index (χ0n) is 4.09. The molecule has 40 valence electrons. The van der Waals surface area contributed by atoms with E-state index in [0.717, 1.165) is 0 Å². The summed E-state index contributed by atoms with van der Waals surface area (Å²) >= 11 is 0. The molecule has 0 spiro atoms. The van der Waals surface area contributed by atoms with Gasteiger partial charge in [0.05, 0.1) is 6.67 Å². The van der Waals surface area contributed by atoms with Crippen molar-refractivity contribution >= 4 is 6.72 Å². The molecular formula is C4H9N3. The first-order valence-electron chi connectivity index (χ1n) is 1.96. The van der Waals surface area contributed by atoms with Crippen molar-refractivity contribution in [2.75, 3.05) is 6.67 Å². The van der Waals surface area contributed by atoms with Crippen molar-refractivity contribution in [3.8, 4) is 0 Å². The molecule has 3 heteroatoms. The number of rotatable bonds is 3. The van der Waals surface area contributed by atoms with E-state index >= 15 is 0 Å². The minimum absolute atomic E-state index is 0.437. The highest BCUT2D eigenvalue weighted by Crippen LogP contribution is 1.61. The van der Waals surface area contributed by atoms with Crippen LogP contribution in [0.2, 0.25) is 0 Å². The standard InChI is InChI=1S/C4H9N3/c1-6-2-3-7-4-5/h2-3,7H,1,4-5H2/b3-2-. The fraction of sp³-hybridized carbons (Fsp3) is 0.250. The maximum Gasteiger partial charge on any atom is 0.0623 e. The van der Waals surface area contributed by atoms with Crippen LogP contribution in [0.4, 0.5) is 0 Å². The fourth-order valence-electron chi connectivity index (χ4n) is 0.173. The van der Waals surface area contributed by atoms with E-state index in [-0.39, 0.29) is 0 Å². The Bertz CT molecular complexity index is 67.3. The Morgan fingerprint density at radius 3 is 3.00 bits per heavy atom. The van der Waals surface area contributed by atoms with Gasteiger partial charge in [0.2, 0.25) is 0 Å². The normalized spacial score (nSPS) is 9.29. The molecule has 0 saturated carbocycles. The summed E-state index contributed by atoms with van der Waals surface area (Å²) in [6.07, 6.45) is 3.17. The first kappa shape index (κ1) is 6.17. The van der Waals surface area contributed by atoms with E-state index < -0.39 is 0 Å². The van der Waals surface area contributed by atoms with Crippen LogP contribution in [0.1, 0.15) is 0 Å². The van der Waals surface area contributed by atoms with Gasteiger partial charge in [-0.3, -0.25) is 4.99 Å². The number of hydrogen-bond donors (Lipinski definition) is 2. The molecule has 0 aromatic rings. The van der Waals surface area contributed by atoms with Crippen LogP contribution in [-0.2, 0) is 0 Å². The van der Waals surface area contributed by atoms with Gasteiger partial charge in [-0.15, -0.1) is 0 Å². The smallest absolute Gasteiger partial charge is 0.0623 e. The van der Waals surface area contributed by atoms with E-state index in [9.17, 15) is 0 Å². The van der Waals surface area contributed by atoms with Gasteiger partial charge in [-0.05, 0) is 6.72 Å². The summed E-state index contributed by atoms with van der Waals surface area (Å²) in [6, 6.07) is 0. The van der Waals surface area contributed by atoms with Gasteiger partial charge in [0, 0.05) is 12.4 Å². The van der Waals surface area contributed by atoms with Crippen LogP contribution >= 0.6 is 0 Å². The lowest BCUT2D eigenvalue weighted by atomic mass is 10.9. The molecule has 0 aromatic heterocycles. The van der Waals surface area contributed by atoms with Crippen LogP contribution in [0.15, 0.2) is 17.4 Å². The van der Waals surface area contributed by atoms with Crippen molar-refractivity contribution in [3.05, 3.63) is 12.4 Å². The van der Waals surface area contributed by atoms with Crippen LogP contribution in [0, 0.1) is 0 Å². The van der Waals surface area contributed by atoms with Crippen molar-refractivity contribution < 1.29 is 0 Å². The molecule has 0 atom stereocenters. The second-order valence-corrected chi connectivity index (χ2v) is 0.907. The van der Waals surface area contributed by atoms with Crippen LogP contribution in [0.5, 0.6) is 0 Å². The zero-order valence-corrected chi connectivity index (χ0v) is 4.09. The SMILES string of the molecule is C=N/C=C\NCN. The lowest BCUT2D eigenvalue weighted by molar-refractivity contribution is 0.881. The molecule has 0 aliphatic heterocycles. The maximum atomic E-state index is 5.04. The van der Waals surface area contributed by atoms with Gasteiger partial charge in [0.1, 0.15) is 0 Å². The Balaban J connectivity index is 2.92. The average molecular weight is 99.1 g/mol. The summed E-state index contributed by atoms with van der Waals surface area (Å²) in [5.74, 6) is 0. The van der Waals surface area contributed by atoms with Crippen molar-refractivity contribution in [2.24, 2.45) is 10.7 Å². The first-order valence-corrected chi connectivity index (χ1v) is 1.96. The molecule has 3 N–H and O–H groups in total. The van der Waals surface area contributed by atoms with Crippen LogP contribution in [-0.4, -0.2) is 13.4 Å². The van der Waals surface area contributed by atoms with E-state index in [1.807, 2.05) is 0 Å². The second-order valence-electron chi connectivity index (χ2n) is 0.907. The van der Waals surface area contributed by atoms with E-state index in [1.165, 1.54) is 6.20 Å². The van der Waals surface area contributed by atoms with Gasteiger partial charge in [-0.2, -0.15) is 0 Å². The molecule has 0 aliphatic carbocycles. The third-order valence-electron chi connectivity index (χ3n) is 0.416. The molecule has 0 aromatic carbocycles. The maximum absolute atomic E-state index is 5.04. The Kier molecular flexibility index (Phi) is 4.56. The minimum atomic E-state index is 0.437. The zero-order chi connectivity index (χ0) is 5.54. The molecule has 0 radical (unpaired) electrons. The predicted molar refractivity (Wildman–Crippen MR) is 30.9 cm³/mol. The summed E-state index contributed by atoms with van der Waals surface area (Å²) in [5.41, 5.74) is 5.04. The summed E-state index contributed by atoms with van der Waals surface area (Å²) in [7, 11) is 0. The van der Waals surface area contributed by atoms with E-state index in [2.05, 4.69) is 17.0 Å². The number of nitrogens with two attached hydrogens (primary N) is 1. The van der Waals surface area contributed by atoms with Gasteiger partial charge in [-0.25, -0.2) is 0 Å². The van der Waals surface area contributed by atoms with E-state index in [4.69, 9.17) is 5.73 Å². The molecule has 7 heavy (non-hydrogen) atoms. The second kappa shape index (κ2) is 5.17. The fourth-order valence-corrected chi connectivity index (χ4v) is 0.173. The highest BCUT2D eigenvalue weighted by molar-refractivity contribution is 5.25. The van der Waals surface area contributed by atoms with Gasteiger partial charge in [0.25, 0.3) is 0 Å². The van der Waals surface area contributed by atoms with Gasteiger partial charge < -0.3 is 11.1 Å². The monoisotopic (exact) mass is 99.1 g/mol. The predicted octanol–water partition coefficient (Wildman–Crippen LogP) is -0.336. The summed E-state index contributed by atoms with van der Waals surface area (Å²) in [5, 5.41) is 2.71. The Morgan fingerprint density at radius 1 is 1.86 bits per heavy atom. The first-order chi connectivity index (χ1) is 3.41. The summed E-state index contributed by atoms with van der Waals surface area (Å²) in [4.78, 5) is 3.42. The van der Waals surface area contributed by atoms with Gasteiger partial charge in [0.15, 0.2) is 0 Å². The van der Waals surface area contributed by atoms with Gasteiger partial charge in [-0.1, -0.05) is 0 Å². The van der Waals surface area contributed by atoms with Crippen molar-refractivity contribution in [3.63, 3.8) is 0 Å². The molecular weight excluding hydrogens is 90.1 g/mol. The van der Waals surface area contributed by atoms with Crippen molar-refractivity contribution in [1.82, 2.24) is 5.32 Å². The van der Waals surface area contributed by atoms with Crippen molar-refractivity contribution in [1.29, 1.82) is 0 Å². The van der Waals surface area contributed by atoms with Crippen LogP contribution in [0.25, 0.3) is 0 Å². The number of nitrogens with one attached hydrogen (secondary N) is 1.